The first-order valence-electron chi connectivity index (χ1n) is 5.69. The lowest BCUT2D eigenvalue weighted by Crippen LogP contribution is -2.22. The number of hydrogen-bond donors (Lipinski definition) is 0. The van der Waals surface area contributed by atoms with Crippen molar-refractivity contribution in [2.45, 2.75) is 13.5 Å². The fourth-order valence-electron chi connectivity index (χ4n) is 1.68. The number of halogens is 1. The maximum absolute atomic E-state index is 10.8. The molecule has 2 aromatic rings. The van der Waals surface area contributed by atoms with E-state index < -0.39 is 4.92 Å². The third kappa shape index (κ3) is 3.23. The molecule has 0 spiro atoms. The molecular formula is C12H12ClN3O3. The molecule has 0 amide bonds. The number of aromatic nitrogens is 1. The fraction of sp³-hybridized carbons (Fsp3) is 0.250. The van der Waals surface area contributed by atoms with E-state index in [-0.39, 0.29) is 10.8 Å². The van der Waals surface area contributed by atoms with Gasteiger partial charge in [0.05, 0.1) is 29.9 Å². The topological polar surface area (TPSA) is 72.4 Å². The smallest absolute Gasteiger partial charge is 0.276 e. The summed E-state index contributed by atoms with van der Waals surface area (Å²) in [5.74, 6) is 1.21. The van der Waals surface area contributed by atoms with E-state index in [1.54, 1.807) is 12.3 Å². The third-order valence-corrected chi connectivity index (χ3v) is 2.80. The second kappa shape index (κ2) is 5.71. The molecule has 2 aromatic heterocycles. The molecule has 2 rings (SSSR count). The van der Waals surface area contributed by atoms with Crippen molar-refractivity contribution >= 4 is 23.1 Å². The van der Waals surface area contributed by atoms with Crippen LogP contribution in [-0.2, 0) is 6.54 Å². The molecule has 0 bridgehead atoms. The lowest BCUT2D eigenvalue weighted by Gasteiger charge is -2.20. The minimum absolute atomic E-state index is 0.0760. The van der Waals surface area contributed by atoms with Gasteiger partial charge in [0.15, 0.2) is 0 Å². The van der Waals surface area contributed by atoms with E-state index in [2.05, 4.69) is 4.98 Å². The van der Waals surface area contributed by atoms with Crippen molar-refractivity contribution in [2.24, 2.45) is 0 Å². The zero-order chi connectivity index (χ0) is 13.8. The first kappa shape index (κ1) is 13.4. The van der Waals surface area contributed by atoms with Gasteiger partial charge in [-0.1, -0.05) is 11.6 Å². The van der Waals surface area contributed by atoms with E-state index in [1.807, 2.05) is 17.9 Å². The van der Waals surface area contributed by atoms with E-state index >= 15 is 0 Å². The molecule has 0 fully saturated rings. The second-order valence-corrected chi connectivity index (χ2v) is 4.24. The highest BCUT2D eigenvalue weighted by Gasteiger charge is 2.15. The number of furan rings is 1. The Morgan fingerprint density at radius 3 is 2.89 bits per heavy atom. The van der Waals surface area contributed by atoms with Crippen LogP contribution in [0.1, 0.15) is 12.7 Å². The van der Waals surface area contributed by atoms with Gasteiger partial charge in [-0.05, 0) is 19.1 Å². The molecule has 19 heavy (non-hydrogen) atoms. The van der Waals surface area contributed by atoms with Gasteiger partial charge in [-0.2, -0.15) is 0 Å². The van der Waals surface area contributed by atoms with E-state index in [9.17, 15) is 10.1 Å². The van der Waals surface area contributed by atoms with Crippen LogP contribution in [0, 0.1) is 10.1 Å². The number of anilines is 1. The van der Waals surface area contributed by atoms with E-state index in [0.29, 0.717) is 18.9 Å². The molecule has 0 aromatic carbocycles. The van der Waals surface area contributed by atoms with Gasteiger partial charge in [0.25, 0.3) is 5.69 Å². The van der Waals surface area contributed by atoms with Gasteiger partial charge in [-0.3, -0.25) is 10.1 Å². The summed E-state index contributed by atoms with van der Waals surface area (Å²) in [7, 11) is 0. The Labute approximate surface area is 114 Å². The molecule has 0 N–H and O–H groups in total. The van der Waals surface area contributed by atoms with Crippen molar-refractivity contribution in [1.29, 1.82) is 0 Å². The van der Waals surface area contributed by atoms with E-state index in [0.717, 1.165) is 5.76 Å². The molecular weight excluding hydrogens is 270 g/mol. The average Bonchev–Trinajstić information content (AvgIpc) is 2.88. The summed E-state index contributed by atoms with van der Waals surface area (Å²) in [4.78, 5) is 16.3. The first-order valence-corrected chi connectivity index (χ1v) is 6.07. The Hall–Kier alpha value is -2.08. The van der Waals surface area contributed by atoms with Crippen molar-refractivity contribution in [3.63, 3.8) is 0 Å². The third-order valence-electron chi connectivity index (χ3n) is 2.61. The first-order chi connectivity index (χ1) is 9.10. The Kier molecular flexibility index (Phi) is 4.01. The van der Waals surface area contributed by atoms with Gasteiger partial charge in [-0.15, -0.1) is 0 Å². The molecule has 100 valence electrons. The number of pyridine rings is 1. The van der Waals surface area contributed by atoms with Crippen molar-refractivity contribution in [3.8, 4) is 0 Å². The summed E-state index contributed by atoms with van der Waals surface area (Å²) < 4.78 is 5.26. The van der Waals surface area contributed by atoms with Crippen molar-refractivity contribution < 1.29 is 9.34 Å². The van der Waals surface area contributed by atoms with Crippen LogP contribution in [0.4, 0.5) is 11.5 Å². The molecule has 0 unspecified atom stereocenters. The predicted octanol–water partition coefficient (Wildman–Crippen LogP) is 3.26. The number of rotatable bonds is 5. The molecule has 0 aliphatic rings. The Bertz CT molecular complexity index is 572. The minimum atomic E-state index is -0.488. The molecule has 2 heterocycles. The lowest BCUT2D eigenvalue weighted by atomic mass is 10.3. The Morgan fingerprint density at radius 1 is 1.53 bits per heavy atom. The summed E-state index contributed by atoms with van der Waals surface area (Å²) in [5.41, 5.74) is -0.0760. The highest BCUT2D eigenvalue weighted by molar-refractivity contribution is 6.29. The van der Waals surface area contributed by atoms with Crippen molar-refractivity contribution in [1.82, 2.24) is 4.98 Å². The van der Waals surface area contributed by atoms with Crippen molar-refractivity contribution in [3.05, 3.63) is 51.6 Å². The van der Waals surface area contributed by atoms with Crippen LogP contribution >= 0.6 is 11.6 Å². The molecule has 7 heteroatoms. The van der Waals surface area contributed by atoms with Crippen LogP contribution in [0.15, 0.2) is 34.9 Å². The molecule has 0 aliphatic carbocycles. The molecule has 0 saturated carbocycles. The fourth-order valence-corrected chi connectivity index (χ4v) is 1.88. The molecule has 0 aliphatic heterocycles. The van der Waals surface area contributed by atoms with Crippen LogP contribution in [-0.4, -0.2) is 16.5 Å². The summed E-state index contributed by atoms with van der Waals surface area (Å²) in [6.45, 7) is 3.04. The molecule has 6 nitrogen and oxygen atoms in total. The van der Waals surface area contributed by atoms with Crippen molar-refractivity contribution in [2.75, 3.05) is 11.4 Å². The standard InChI is InChI=1S/C12H12ClN3O3/c1-2-15(8-10-4-3-5-19-10)12-7-9(16(17)18)6-11(13)14-12/h3-7H,2,8H2,1H3. The summed E-state index contributed by atoms with van der Waals surface area (Å²) in [6.07, 6.45) is 1.58. The van der Waals surface area contributed by atoms with Crippen LogP contribution < -0.4 is 4.90 Å². The largest absolute Gasteiger partial charge is 0.467 e. The normalized spacial score (nSPS) is 10.4. The van der Waals surface area contributed by atoms with Crippen LogP contribution in [0.2, 0.25) is 5.15 Å². The number of nitro groups is 1. The number of nitrogens with zero attached hydrogens (tertiary/aromatic N) is 3. The lowest BCUT2D eigenvalue weighted by molar-refractivity contribution is -0.384. The monoisotopic (exact) mass is 281 g/mol. The minimum Gasteiger partial charge on any atom is -0.467 e. The zero-order valence-corrected chi connectivity index (χ0v) is 11.0. The maximum atomic E-state index is 10.8. The highest BCUT2D eigenvalue weighted by Crippen LogP contribution is 2.24. The zero-order valence-electron chi connectivity index (χ0n) is 10.2. The predicted molar refractivity (Wildman–Crippen MR) is 71.3 cm³/mol. The van der Waals surface area contributed by atoms with Crippen LogP contribution in [0.3, 0.4) is 0 Å². The Balaban J connectivity index is 2.29. The van der Waals surface area contributed by atoms with E-state index in [1.165, 1.54) is 12.1 Å². The molecule has 0 saturated heterocycles. The summed E-state index contributed by atoms with van der Waals surface area (Å²) >= 11 is 5.81. The van der Waals surface area contributed by atoms with E-state index in [4.69, 9.17) is 16.0 Å². The summed E-state index contributed by atoms with van der Waals surface area (Å²) in [6, 6.07) is 6.25. The van der Waals surface area contributed by atoms with Crippen LogP contribution in [0.25, 0.3) is 0 Å². The SMILES string of the molecule is CCN(Cc1ccco1)c1cc([N+](=O)[O-])cc(Cl)n1. The van der Waals surface area contributed by atoms with Gasteiger partial charge < -0.3 is 9.32 Å². The van der Waals surface area contributed by atoms with Crippen LogP contribution in [0.5, 0.6) is 0 Å². The Morgan fingerprint density at radius 2 is 2.32 bits per heavy atom. The van der Waals surface area contributed by atoms with Gasteiger partial charge >= 0.3 is 0 Å². The molecule has 0 atom stereocenters. The van der Waals surface area contributed by atoms with Gasteiger partial charge in [-0.25, -0.2) is 4.98 Å². The average molecular weight is 282 g/mol. The van der Waals surface area contributed by atoms with Gasteiger partial charge in [0.2, 0.25) is 0 Å². The maximum Gasteiger partial charge on any atom is 0.276 e. The number of hydrogen-bond acceptors (Lipinski definition) is 5. The summed E-state index contributed by atoms with van der Waals surface area (Å²) in [5, 5.41) is 10.9. The van der Waals surface area contributed by atoms with Gasteiger partial charge in [0, 0.05) is 6.54 Å². The second-order valence-electron chi connectivity index (χ2n) is 3.86. The quantitative estimate of drug-likeness (QED) is 0.478. The molecule has 0 radical (unpaired) electrons. The highest BCUT2D eigenvalue weighted by atomic mass is 35.5. The van der Waals surface area contributed by atoms with Gasteiger partial charge in [0.1, 0.15) is 16.7 Å².